The summed E-state index contributed by atoms with van der Waals surface area (Å²) in [6.07, 6.45) is 0.927. The first kappa shape index (κ1) is 24.7. The van der Waals surface area contributed by atoms with Crippen LogP contribution in [0.15, 0.2) is 30.3 Å². The molecule has 37 heavy (non-hydrogen) atoms. The molecule has 14 heteroatoms. The highest BCUT2D eigenvalue weighted by atomic mass is 32.2. The molecular weight excluding hydrogens is 520 g/mol. The van der Waals surface area contributed by atoms with Crippen LogP contribution in [0.5, 0.6) is 5.75 Å². The SMILES string of the molecule is CS(=O)(=O)CC(=O)Nc1c(-c2ccc(F)c(F)c2)nn2c1C(=O)N[C@@]1(CCOc3cc(F)cc(F)c31)C2. The highest BCUT2D eigenvalue weighted by Crippen LogP contribution is 2.44. The summed E-state index contributed by atoms with van der Waals surface area (Å²) in [4.78, 5) is 25.9. The molecule has 3 aromatic rings. The minimum Gasteiger partial charge on any atom is -0.493 e. The third kappa shape index (κ3) is 4.41. The molecule has 2 amide bonds. The van der Waals surface area contributed by atoms with Gasteiger partial charge in [-0.05, 0) is 18.2 Å². The van der Waals surface area contributed by atoms with Gasteiger partial charge in [0.2, 0.25) is 5.91 Å². The van der Waals surface area contributed by atoms with Crippen molar-refractivity contribution in [3.63, 3.8) is 0 Å². The summed E-state index contributed by atoms with van der Waals surface area (Å²) >= 11 is 0. The first-order chi connectivity index (χ1) is 17.4. The molecular formula is C23H18F4N4O5S. The van der Waals surface area contributed by atoms with Gasteiger partial charge in [0.15, 0.2) is 27.2 Å². The fourth-order valence-electron chi connectivity index (χ4n) is 4.63. The van der Waals surface area contributed by atoms with Crippen LogP contribution < -0.4 is 15.4 Å². The Kier molecular flexibility index (Phi) is 5.73. The number of nitrogens with one attached hydrogen (secondary N) is 2. The number of carbonyl (C=O) groups is 2. The average Bonchev–Trinajstić information content (AvgIpc) is 3.11. The Morgan fingerprint density at radius 3 is 2.62 bits per heavy atom. The smallest absolute Gasteiger partial charge is 0.272 e. The number of halogens is 4. The summed E-state index contributed by atoms with van der Waals surface area (Å²) in [6, 6.07) is 4.44. The van der Waals surface area contributed by atoms with E-state index in [0.29, 0.717) is 6.07 Å². The monoisotopic (exact) mass is 538 g/mol. The van der Waals surface area contributed by atoms with Gasteiger partial charge in [0, 0.05) is 30.4 Å². The third-order valence-corrected chi connectivity index (χ3v) is 6.86. The molecule has 2 N–H and O–H groups in total. The van der Waals surface area contributed by atoms with Gasteiger partial charge in [-0.25, -0.2) is 26.0 Å². The third-order valence-electron chi connectivity index (χ3n) is 6.07. The number of hydrogen-bond donors (Lipinski definition) is 2. The van der Waals surface area contributed by atoms with Crippen LogP contribution in [0.3, 0.4) is 0 Å². The molecule has 0 aliphatic carbocycles. The molecule has 2 aliphatic rings. The molecule has 0 unspecified atom stereocenters. The number of fused-ring (bicyclic) bond motifs is 3. The minimum absolute atomic E-state index is 0.0146. The summed E-state index contributed by atoms with van der Waals surface area (Å²) in [7, 11) is -3.75. The highest BCUT2D eigenvalue weighted by molar-refractivity contribution is 7.91. The van der Waals surface area contributed by atoms with E-state index in [-0.39, 0.29) is 53.5 Å². The van der Waals surface area contributed by atoms with E-state index in [2.05, 4.69) is 15.7 Å². The first-order valence-electron chi connectivity index (χ1n) is 10.9. The van der Waals surface area contributed by atoms with E-state index < -0.39 is 56.2 Å². The van der Waals surface area contributed by atoms with Crippen LogP contribution in [-0.2, 0) is 26.7 Å². The van der Waals surface area contributed by atoms with Crippen LogP contribution in [-0.4, -0.2) is 48.6 Å². The standard InChI is InChI=1S/C23H18F4N4O5S/c1-37(34,35)9-17(32)28-20-19(11-2-3-13(25)14(26)6-11)30-31-10-23(29-22(33)21(20)31)4-5-36-16-8-12(24)7-15(27)18(16)23/h2-3,6-8H,4-5,9-10H2,1H3,(H,28,32)(H,29,33)/t23-/m0/s1. The second-order valence-electron chi connectivity index (χ2n) is 8.87. The Morgan fingerprint density at radius 2 is 1.92 bits per heavy atom. The maximum Gasteiger partial charge on any atom is 0.272 e. The predicted molar refractivity (Wildman–Crippen MR) is 122 cm³/mol. The van der Waals surface area contributed by atoms with Gasteiger partial charge in [0.1, 0.15) is 34.5 Å². The first-order valence-corrected chi connectivity index (χ1v) is 12.9. The quantitative estimate of drug-likeness (QED) is 0.493. The maximum atomic E-state index is 14.9. The number of ether oxygens (including phenoxy) is 1. The van der Waals surface area contributed by atoms with Crippen molar-refractivity contribution in [1.82, 2.24) is 15.1 Å². The Morgan fingerprint density at radius 1 is 1.16 bits per heavy atom. The molecule has 0 saturated heterocycles. The van der Waals surface area contributed by atoms with Gasteiger partial charge < -0.3 is 15.4 Å². The van der Waals surface area contributed by atoms with Crippen LogP contribution in [0.2, 0.25) is 0 Å². The molecule has 194 valence electrons. The van der Waals surface area contributed by atoms with Crippen LogP contribution in [0.1, 0.15) is 22.5 Å². The van der Waals surface area contributed by atoms with Gasteiger partial charge in [0.25, 0.3) is 5.91 Å². The van der Waals surface area contributed by atoms with Crippen molar-refractivity contribution in [2.45, 2.75) is 18.5 Å². The lowest BCUT2D eigenvalue weighted by Crippen LogP contribution is -2.56. The van der Waals surface area contributed by atoms with E-state index in [1.54, 1.807) is 0 Å². The zero-order valence-electron chi connectivity index (χ0n) is 19.1. The maximum absolute atomic E-state index is 14.9. The number of amides is 2. The Hall–Kier alpha value is -3.94. The van der Waals surface area contributed by atoms with Crippen molar-refractivity contribution in [3.05, 3.63) is 64.9 Å². The van der Waals surface area contributed by atoms with Crippen molar-refractivity contribution in [2.24, 2.45) is 0 Å². The molecule has 3 heterocycles. The number of hydrogen-bond acceptors (Lipinski definition) is 6. The van der Waals surface area contributed by atoms with Crippen LogP contribution in [0.4, 0.5) is 23.2 Å². The van der Waals surface area contributed by atoms with Gasteiger partial charge in [-0.1, -0.05) is 0 Å². The van der Waals surface area contributed by atoms with Gasteiger partial charge >= 0.3 is 0 Å². The normalized spacial score (nSPS) is 18.6. The van der Waals surface area contributed by atoms with Gasteiger partial charge in [-0.2, -0.15) is 5.10 Å². The minimum atomic E-state index is -3.75. The molecule has 2 aliphatic heterocycles. The molecule has 1 aromatic heterocycles. The summed E-state index contributed by atoms with van der Waals surface area (Å²) in [5.41, 5.74) is -2.11. The van der Waals surface area contributed by atoms with Crippen molar-refractivity contribution in [2.75, 3.05) is 23.9 Å². The van der Waals surface area contributed by atoms with E-state index in [1.165, 1.54) is 6.07 Å². The van der Waals surface area contributed by atoms with Crippen molar-refractivity contribution >= 4 is 27.3 Å². The number of carbonyl (C=O) groups excluding carboxylic acids is 2. The summed E-state index contributed by atoms with van der Waals surface area (Å²) in [5, 5.41) is 9.37. The lowest BCUT2D eigenvalue weighted by atomic mass is 9.82. The molecule has 5 rings (SSSR count). The molecule has 9 nitrogen and oxygen atoms in total. The van der Waals surface area contributed by atoms with E-state index in [9.17, 15) is 35.6 Å². The van der Waals surface area contributed by atoms with E-state index in [4.69, 9.17) is 4.74 Å². The van der Waals surface area contributed by atoms with Crippen molar-refractivity contribution < 1.29 is 40.3 Å². The summed E-state index contributed by atoms with van der Waals surface area (Å²) < 4.78 is 86.1. The largest absolute Gasteiger partial charge is 0.493 e. The molecule has 2 aromatic carbocycles. The second-order valence-corrected chi connectivity index (χ2v) is 11.0. The number of aromatic nitrogens is 2. The van der Waals surface area contributed by atoms with E-state index in [0.717, 1.165) is 29.1 Å². The Labute approximate surface area is 207 Å². The predicted octanol–water partition coefficient (Wildman–Crippen LogP) is 2.51. The summed E-state index contributed by atoms with van der Waals surface area (Å²) in [6.45, 7) is -0.174. The lowest BCUT2D eigenvalue weighted by Gasteiger charge is -2.42. The van der Waals surface area contributed by atoms with E-state index in [1.807, 2.05) is 0 Å². The molecule has 1 spiro atoms. The lowest BCUT2D eigenvalue weighted by molar-refractivity contribution is -0.113. The Balaban J connectivity index is 1.66. The van der Waals surface area contributed by atoms with Gasteiger partial charge in [-0.3, -0.25) is 14.3 Å². The topological polar surface area (TPSA) is 119 Å². The molecule has 0 radical (unpaired) electrons. The van der Waals surface area contributed by atoms with Crippen LogP contribution >= 0.6 is 0 Å². The molecule has 1 atom stereocenters. The van der Waals surface area contributed by atoms with Gasteiger partial charge in [-0.15, -0.1) is 0 Å². The fraction of sp³-hybridized carbons (Fsp3) is 0.261. The number of anilines is 1. The zero-order chi connectivity index (χ0) is 26.7. The molecule has 0 saturated carbocycles. The number of rotatable bonds is 4. The number of nitrogens with zero attached hydrogens (tertiary/aromatic N) is 2. The van der Waals surface area contributed by atoms with Crippen molar-refractivity contribution in [1.29, 1.82) is 0 Å². The van der Waals surface area contributed by atoms with Crippen LogP contribution in [0, 0.1) is 23.3 Å². The Bertz CT molecular complexity index is 1590. The fourth-order valence-corrected chi connectivity index (χ4v) is 5.18. The molecule has 0 fully saturated rings. The number of benzene rings is 2. The second kappa shape index (κ2) is 8.57. The average molecular weight is 538 g/mol. The van der Waals surface area contributed by atoms with Crippen LogP contribution in [0.25, 0.3) is 11.3 Å². The number of sulfone groups is 1. The molecule has 0 bridgehead atoms. The summed E-state index contributed by atoms with van der Waals surface area (Å²) in [5.74, 6) is -7.01. The van der Waals surface area contributed by atoms with Gasteiger partial charge in [0.05, 0.1) is 24.3 Å². The zero-order valence-corrected chi connectivity index (χ0v) is 19.9. The van der Waals surface area contributed by atoms with E-state index >= 15 is 0 Å². The van der Waals surface area contributed by atoms with Crippen molar-refractivity contribution in [3.8, 4) is 17.0 Å². The highest BCUT2D eigenvalue weighted by Gasteiger charge is 2.47.